The summed E-state index contributed by atoms with van der Waals surface area (Å²) in [6.07, 6.45) is 0. The van der Waals surface area contributed by atoms with E-state index in [0.29, 0.717) is 8.81 Å². The molecule has 2 aromatic rings. The molecule has 0 saturated carbocycles. The van der Waals surface area contributed by atoms with Gasteiger partial charge in [0, 0.05) is 10.8 Å². The number of nitro benzene ring substituents is 1. The lowest BCUT2D eigenvalue weighted by atomic mass is 10.2. The van der Waals surface area contributed by atoms with Crippen LogP contribution in [0.3, 0.4) is 0 Å². The molecule has 0 aliphatic heterocycles. The van der Waals surface area contributed by atoms with Gasteiger partial charge in [0.1, 0.15) is 0 Å². The molecule has 2 rings (SSSR count). The molecule has 1 heterocycles. The molecule has 0 amide bonds. The van der Waals surface area contributed by atoms with E-state index in [1.807, 2.05) is 0 Å². The molecule has 0 saturated heterocycles. The Hall–Kier alpha value is -0.650. The van der Waals surface area contributed by atoms with E-state index in [1.54, 1.807) is 12.1 Å². The van der Waals surface area contributed by atoms with Crippen LogP contribution in [0.4, 0.5) is 5.69 Å². The van der Waals surface area contributed by atoms with Gasteiger partial charge in [0.15, 0.2) is 0 Å². The molecular weight excluding hydrogens is 290 g/mol. The average Bonchev–Trinajstić information content (AvgIpc) is 2.42. The molecule has 6 heteroatoms. The summed E-state index contributed by atoms with van der Waals surface area (Å²) in [6.45, 7) is 0. The smallest absolute Gasteiger partial charge is 0.258 e. The number of rotatable bonds is 1. The highest BCUT2D eigenvalue weighted by Crippen LogP contribution is 2.36. The van der Waals surface area contributed by atoms with Crippen LogP contribution < -0.4 is 0 Å². The monoisotopic (exact) mass is 291 g/mol. The maximum Gasteiger partial charge on any atom is 0.284 e. The molecule has 72 valence electrons. The summed E-state index contributed by atoms with van der Waals surface area (Å²) in [5.41, 5.74) is 0.0658. The number of benzene rings is 1. The highest BCUT2D eigenvalue weighted by atomic mass is 79.9. The predicted octanol–water partition coefficient (Wildman–Crippen LogP) is 4.23. The van der Waals surface area contributed by atoms with Gasteiger partial charge in [0.25, 0.3) is 5.69 Å². The van der Waals surface area contributed by atoms with Crippen molar-refractivity contribution in [3.8, 4) is 0 Å². The largest absolute Gasteiger partial charge is 0.284 e. The van der Waals surface area contributed by atoms with Crippen LogP contribution in [0.2, 0.25) is 4.34 Å². The Morgan fingerprint density at radius 2 is 2.14 bits per heavy atom. The van der Waals surface area contributed by atoms with Crippen LogP contribution in [0.5, 0.6) is 0 Å². The minimum atomic E-state index is -0.419. The average molecular weight is 293 g/mol. The minimum Gasteiger partial charge on any atom is -0.258 e. The van der Waals surface area contributed by atoms with E-state index >= 15 is 0 Å². The molecule has 3 nitrogen and oxygen atoms in total. The molecule has 0 radical (unpaired) electrons. The summed E-state index contributed by atoms with van der Waals surface area (Å²) in [7, 11) is 0. The van der Waals surface area contributed by atoms with Gasteiger partial charge in [-0.25, -0.2) is 0 Å². The van der Waals surface area contributed by atoms with Gasteiger partial charge in [0.05, 0.1) is 13.7 Å². The third-order valence-electron chi connectivity index (χ3n) is 1.75. The maximum absolute atomic E-state index is 10.6. The molecule has 0 aliphatic carbocycles. The zero-order valence-corrected chi connectivity index (χ0v) is 9.82. The summed E-state index contributed by atoms with van der Waals surface area (Å²) < 4.78 is 1.93. The molecule has 0 fully saturated rings. The molecule has 0 bridgehead atoms. The second-order valence-corrected chi connectivity index (χ2v) is 5.22. The Kier molecular flexibility index (Phi) is 2.47. The van der Waals surface area contributed by atoms with E-state index in [1.165, 1.54) is 17.4 Å². The Morgan fingerprint density at radius 3 is 2.79 bits per heavy atom. The lowest BCUT2D eigenvalue weighted by molar-refractivity contribution is -0.385. The van der Waals surface area contributed by atoms with E-state index in [-0.39, 0.29) is 5.69 Å². The van der Waals surface area contributed by atoms with E-state index < -0.39 is 4.92 Å². The third kappa shape index (κ3) is 1.63. The zero-order valence-electron chi connectivity index (χ0n) is 6.66. The van der Waals surface area contributed by atoms with Crippen molar-refractivity contribution < 1.29 is 4.92 Å². The quantitative estimate of drug-likeness (QED) is 0.583. The predicted molar refractivity (Wildman–Crippen MR) is 61.2 cm³/mol. The van der Waals surface area contributed by atoms with Crippen molar-refractivity contribution in [1.82, 2.24) is 0 Å². The van der Waals surface area contributed by atoms with Gasteiger partial charge in [-0.05, 0) is 33.4 Å². The fourth-order valence-corrected chi connectivity index (χ4v) is 2.83. The van der Waals surface area contributed by atoms with Gasteiger partial charge in [-0.3, -0.25) is 10.1 Å². The second kappa shape index (κ2) is 3.49. The van der Waals surface area contributed by atoms with Crippen molar-refractivity contribution >= 4 is 54.6 Å². The first-order chi connectivity index (χ1) is 6.58. The summed E-state index contributed by atoms with van der Waals surface area (Å²) in [6, 6.07) is 5.02. The van der Waals surface area contributed by atoms with Gasteiger partial charge in [-0.2, -0.15) is 0 Å². The van der Waals surface area contributed by atoms with Crippen molar-refractivity contribution in [2.75, 3.05) is 0 Å². The summed E-state index contributed by atoms with van der Waals surface area (Å²) in [5.74, 6) is 0. The first kappa shape index (κ1) is 9.89. The number of nitrogens with zero attached hydrogens (tertiary/aromatic N) is 1. The minimum absolute atomic E-state index is 0.0658. The number of nitro groups is 1. The molecule has 1 aromatic carbocycles. The van der Waals surface area contributed by atoms with Crippen LogP contribution in [-0.2, 0) is 0 Å². The van der Waals surface area contributed by atoms with Crippen LogP contribution in [0.25, 0.3) is 10.1 Å². The highest BCUT2D eigenvalue weighted by molar-refractivity contribution is 9.10. The Labute approximate surface area is 96.6 Å². The fourth-order valence-electron chi connectivity index (χ4n) is 1.16. The number of hydrogen-bond acceptors (Lipinski definition) is 3. The summed E-state index contributed by atoms with van der Waals surface area (Å²) in [4.78, 5) is 10.2. The number of fused-ring (bicyclic) bond motifs is 1. The van der Waals surface area contributed by atoms with Crippen LogP contribution in [0.1, 0.15) is 0 Å². The lowest BCUT2D eigenvalue weighted by Gasteiger charge is -1.94. The van der Waals surface area contributed by atoms with Crippen LogP contribution in [0.15, 0.2) is 22.7 Å². The van der Waals surface area contributed by atoms with E-state index in [2.05, 4.69) is 15.9 Å². The topological polar surface area (TPSA) is 43.1 Å². The molecule has 0 atom stereocenters. The standard InChI is InChI=1S/C8H3BrClNO2S/c9-5-1-4-2-8(10)14-7(4)3-6(5)11(12)13/h1-3H. The maximum atomic E-state index is 10.6. The second-order valence-electron chi connectivity index (χ2n) is 2.65. The zero-order chi connectivity index (χ0) is 10.3. The van der Waals surface area contributed by atoms with Gasteiger partial charge in [0.2, 0.25) is 0 Å². The Morgan fingerprint density at radius 1 is 1.43 bits per heavy atom. The molecule has 0 N–H and O–H groups in total. The number of hydrogen-bond donors (Lipinski definition) is 0. The number of thiophene rings is 1. The van der Waals surface area contributed by atoms with Crippen molar-refractivity contribution in [3.05, 3.63) is 37.1 Å². The van der Waals surface area contributed by atoms with Crippen molar-refractivity contribution in [2.24, 2.45) is 0 Å². The third-order valence-corrected chi connectivity index (χ3v) is 3.61. The molecule has 0 aliphatic rings. The molecule has 1 aromatic heterocycles. The van der Waals surface area contributed by atoms with Gasteiger partial charge >= 0.3 is 0 Å². The molecule has 0 spiro atoms. The highest BCUT2D eigenvalue weighted by Gasteiger charge is 2.14. The van der Waals surface area contributed by atoms with Crippen molar-refractivity contribution in [2.45, 2.75) is 0 Å². The lowest BCUT2D eigenvalue weighted by Crippen LogP contribution is -1.88. The Balaban J connectivity index is 2.76. The normalized spacial score (nSPS) is 10.7. The van der Waals surface area contributed by atoms with Gasteiger partial charge in [-0.15, -0.1) is 11.3 Å². The Bertz CT molecular complexity index is 525. The SMILES string of the molecule is O=[N+]([O-])c1cc2sc(Cl)cc2cc1Br. The number of halogens is 2. The first-order valence-electron chi connectivity index (χ1n) is 3.61. The van der Waals surface area contributed by atoms with Crippen LogP contribution in [0, 0.1) is 10.1 Å². The van der Waals surface area contributed by atoms with Crippen LogP contribution in [-0.4, -0.2) is 4.92 Å². The van der Waals surface area contributed by atoms with Gasteiger partial charge < -0.3 is 0 Å². The molecule has 0 unspecified atom stereocenters. The van der Waals surface area contributed by atoms with Crippen molar-refractivity contribution in [3.63, 3.8) is 0 Å². The fraction of sp³-hybridized carbons (Fsp3) is 0. The van der Waals surface area contributed by atoms with E-state index in [4.69, 9.17) is 11.6 Å². The van der Waals surface area contributed by atoms with Crippen LogP contribution >= 0.6 is 38.9 Å². The summed E-state index contributed by atoms with van der Waals surface area (Å²) >= 11 is 10.3. The summed E-state index contributed by atoms with van der Waals surface area (Å²) in [5, 5.41) is 11.5. The molecular formula is C8H3BrClNO2S. The molecule has 14 heavy (non-hydrogen) atoms. The van der Waals surface area contributed by atoms with E-state index in [0.717, 1.165) is 10.1 Å². The van der Waals surface area contributed by atoms with E-state index in [9.17, 15) is 10.1 Å². The van der Waals surface area contributed by atoms with Crippen molar-refractivity contribution in [1.29, 1.82) is 0 Å². The van der Waals surface area contributed by atoms with Gasteiger partial charge in [-0.1, -0.05) is 11.6 Å². The first-order valence-corrected chi connectivity index (χ1v) is 5.59.